The predicted molar refractivity (Wildman–Crippen MR) is 214 cm³/mol. The van der Waals surface area contributed by atoms with E-state index in [1.807, 2.05) is 0 Å². The number of hydrogen-bond acceptors (Lipinski definition) is 3. The van der Waals surface area contributed by atoms with Crippen LogP contribution in [-0.2, 0) is 6.42 Å². The molecule has 0 aliphatic heterocycles. The summed E-state index contributed by atoms with van der Waals surface area (Å²) in [4.78, 5) is 0. The Labute approximate surface area is 303 Å². The number of unbranched alkanes of at least 4 members (excludes halogenated alkanes) is 5. The van der Waals surface area contributed by atoms with Crippen LogP contribution in [0.2, 0.25) is 0 Å². The Morgan fingerprint density at radius 1 is 0.549 bits per heavy atom. The monoisotopic (exact) mass is 673 g/mol. The maximum atomic E-state index is 6.11. The van der Waals surface area contributed by atoms with Gasteiger partial charge in [0.25, 0.3) is 0 Å². The van der Waals surface area contributed by atoms with Crippen molar-refractivity contribution in [3.8, 4) is 34.0 Å². The lowest BCUT2D eigenvalue weighted by atomic mass is 9.89. The van der Waals surface area contributed by atoms with E-state index in [9.17, 15) is 0 Å². The minimum absolute atomic E-state index is 0.414. The highest BCUT2D eigenvalue weighted by atomic mass is 16.4. The van der Waals surface area contributed by atoms with Crippen LogP contribution in [0.15, 0.2) is 126 Å². The van der Waals surface area contributed by atoms with Crippen molar-refractivity contribution >= 4 is 21.8 Å². The molecule has 0 radical (unpaired) electrons. The van der Waals surface area contributed by atoms with Gasteiger partial charge in [-0.1, -0.05) is 131 Å². The summed E-state index contributed by atoms with van der Waals surface area (Å²) in [6.45, 7) is 6.96. The molecular formula is C47H51N3O. The first-order valence-corrected chi connectivity index (χ1v) is 19.2. The summed E-state index contributed by atoms with van der Waals surface area (Å²) in [5.74, 6) is 1.63. The molecule has 260 valence electrons. The lowest BCUT2D eigenvalue weighted by Gasteiger charge is -2.21. The average Bonchev–Trinajstić information content (AvgIpc) is 3.81. The van der Waals surface area contributed by atoms with E-state index in [0.29, 0.717) is 23.7 Å². The van der Waals surface area contributed by atoms with Crippen LogP contribution in [0, 0.1) is 0 Å². The van der Waals surface area contributed by atoms with Crippen LogP contribution in [0.25, 0.3) is 55.8 Å². The summed E-state index contributed by atoms with van der Waals surface area (Å²) < 4.78 is 8.66. The third-order valence-electron chi connectivity index (χ3n) is 10.8. The Balaban J connectivity index is 0.958. The van der Waals surface area contributed by atoms with Crippen LogP contribution in [0.5, 0.6) is 0 Å². The fourth-order valence-corrected chi connectivity index (χ4v) is 7.74. The molecule has 4 nitrogen and oxygen atoms in total. The highest BCUT2D eigenvalue weighted by Gasteiger charge is 2.18. The number of rotatable bonds is 16. The molecule has 0 bridgehead atoms. The summed E-state index contributed by atoms with van der Waals surface area (Å²) in [5.41, 5.74) is 9.73. The maximum absolute atomic E-state index is 6.11. The van der Waals surface area contributed by atoms with Crippen molar-refractivity contribution in [1.29, 1.82) is 0 Å². The molecule has 4 heteroatoms. The highest BCUT2D eigenvalue weighted by molar-refractivity contribution is 6.08. The molecule has 7 rings (SSSR count). The van der Waals surface area contributed by atoms with Gasteiger partial charge in [0.15, 0.2) is 0 Å². The van der Waals surface area contributed by atoms with E-state index in [1.165, 1.54) is 82.6 Å². The van der Waals surface area contributed by atoms with E-state index in [4.69, 9.17) is 4.42 Å². The molecule has 0 aliphatic rings. The average molecular weight is 674 g/mol. The van der Waals surface area contributed by atoms with Gasteiger partial charge in [0.2, 0.25) is 11.8 Å². The number of para-hydroxylation sites is 2. The summed E-state index contributed by atoms with van der Waals surface area (Å²) in [7, 11) is 0. The van der Waals surface area contributed by atoms with Crippen molar-refractivity contribution in [2.45, 2.75) is 96.9 Å². The first kappa shape index (κ1) is 34.5. The molecule has 5 aromatic carbocycles. The van der Waals surface area contributed by atoms with Crippen molar-refractivity contribution in [3.63, 3.8) is 0 Å². The van der Waals surface area contributed by atoms with Crippen molar-refractivity contribution < 1.29 is 4.42 Å². The van der Waals surface area contributed by atoms with Crippen molar-refractivity contribution in [1.82, 2.24) is 14.8 Å². The minimum Gasteiger partial charge on any atom is -0.416 e. The topological polar surface area (TPSA) is 43.9 Å². The van der Waals surface area contributed by atoms with Crippen molar-refractivity contribution in [2.24, 2.45) is 0 Å². The molecular weight excluding hydrogens is 623 g/mol. The molecule has 2 aromatic heterocycles. The molecule has 0 N–H and O–H groups in total. The van der Waals surface area contributed by atoms with Crippen LogP contribution >= 0.6 is 0 Å². The minimum atomic E-state index is 0.414. The third kappa shape index (κ3) is 7.86. The lowest BCUT2D eigenvalue weighted by molar-refractivity contribution is 0.468. The molecule has 0 aliphatic carbocycles. The largest absolute Gasteiger partial charge is 0.416 e. The zero-order valence-electron chi connectivity index (χ0n) is 30.5. The Bertz CT molecular complexity index is 2080. The van der Waals surface area contributed by atoms with Crippen LogP contribution in [0.1, 0.15) is 102 Å². The van der Waals surface area contributed by atoms with Crippen LogP contribution in [0.3, 0.4) is 0 Å². The van der Waals surface area contributed by atoms with E-state index in [2.05, 4.69) is 157 Å². The Hall–Kier alpha value is -4.96. The van der Waals surface area contributed by atoms with E-state index in [0.717, 1.165) is 36.8 Å². The van der Waals surface area contributed by atoms with Crippen LogP contribution in [-0.4, -0.2) is 14.8 Å². The van der Waals surface area contributed by atoms with Crippen LogP contribution < -0.4 is 0 Å². The van der Waals surface area contributed by atoms with E-state index in [1.54, 1.807) is 0 Å². The second-order valence-electron chi connectivity index (χ2n) is 14.3. The first-order chi connectivity index (χ1) is 25.1. The molecule has 2 unspecified atom stereocenters. The zero-order chi connectivity index (χ0) is 35.0. The number of hydrogen-bond donors (Lipinski definition) is 0. The molecule has 2 atom stereocenters. The Morgan fingerprint density at radius 2 is 1.06 bits per heavy atom. The molecule has 0 fully saturated rings. The molecule has 0 spiro atoms. The molecule has 0 saturated carbocycles. The van der Waals surface area contributed by atoms with Crippen LogP contribution in [0.4, 0.5) is 0 Å². The lowest BCUT2D eigenvalue weighted by Crippen LogP contribution is -2.07. The molecule has 7 aromatic rings. The fourth-order valence-electron chi connectivity index (χ4n) is 7.74. The van der Waals surface area contributed by atoms with Gasteiger partial charge in [-0.15, -0.1) is 10.2 Å². The SMILES string of the molecule is CCCCCCCCc1ccc(-c2nnc(-c3ccc(-c4ccc(C(CC)CCC(C)n5c6ccccc6c6ccccc65)cc4)cc3)o2)cc1. The van der Waals surface area contributed by atoms with Gasteiger partial charge in [0, 0.05) is 39.0 Å². The van der Waals surface area contributed by atoms with Gasteiger partial charge >= 0.3 is 0 Å². The summed E-state index contributed by atoms with van der Waals surface area (Å²) in [6, 6.07) is 44.3. The summed E-state index contributed by atoms with van der Waals surface area (Å²) in [5, 5.41) is 11.4. The standard InChI is InChI=1S/C47H51N3O/c1-4-6-7-8-9-10-15-35-21-24-40(25-22-35)46-48-49-47(51-46)41-32-30-39(31-33-41)38-28-26-37(27-29-38)36(5-2)23-20-34(3)50-44-18-13-11-16-42(44)43-17-12-14-19-45(43)50/h11-14,16-19,21-22,24-34,36H,4-10,15,20,23H2,1-3H3. The number of aryl methyl sites for hydroxylation is 1. The second-order valence-corrected chi connectivity index (χ2v) is 14.3. The van der Waals surface area contributed by atoms with Gasteiger partial charge in [-0.2, -0.15) is 0 Å². The fraction of sp³-hybridized carbons (Fsp3) is 0.319. The third-order valence-corrected chi connectivity index (χ3v) is 10.8. The smallest absolute Gasteiger partial charge is 0.248 e. The Kier molecular flexibility index (Phi) is 11.1. The number of aromatic nitrogens is 3. The van der Waals surface area contributed by atoms with Gasteiger partial charge in [0.05, 0.1) is 0 Å². The molecule has 0 saturated heterocycles. The predicted octanol–water partition coefficient (Wildman–Crippen LogP) is 13.6. The highest BCUT2D eigenvalue weighted by Crippen LogP contribution is 2.36. The first-order valence-electron chi connectivity index (χ1n) is 19.2. The van der Waals surface area contributed by atoms with E-state index < -0.39 is 0 Å². The molecule has 2 heterocycles. The summed E-state index contributed by atoms with van der Waals surface area (Å²) >= 11 is 0. The van der Waals surface area contributed by atoms with Crippen molar-refractivity contribution in [2.75, 3.05) is 0 Å². The quantitative estimate of drug-likeness (QED) is 0.0959. The molecule has 51 heavy (non-hydrogen) atoms. The zero-order valence-corrected chi connectivity index (χ0v) is 30.5. The number of nitrogens with zero attached hydrogens (tertiary/aromatic N) is 3. The van der Waals surface area contributed by atoms with Gasteiger partial charge in [-0.3, -0.25) is 0 Å². The van der Waals surface area contributed by atoms with E-state index >= 15 is 0 Å². The van der Waals surface area contributed by atoms with Gasteiger partial charge in [-0.25, -0.2) is 0 Å². The summed E-state index contributed by atoms with van der Waals surface area (Å²) in [6.07, 6.45) is 12.4. The van der Waals surface area contributed by atoms with Gasteiger partial charge in [0.1, 0.15) is 0 Å². The van der Waals surface area contributed by atoms with E-state index in [-0.39, 0.29) is 0 Å². The normalized spacial score (nSPS) is 12.8. The van der Waals surface area contributed by atoms with Gasteiger partial charge < -0.3 is 8.98 Å². The maximum Gasteiger partial charge on any atom is 0.248 e. The number of benzene rings is 5. The second kappa shape index (κ2) is 16.4. The Morgan fingerprint density at radius 3 is 1.65 bits per heavy atom. The van der Waals surface area contributed by atoms with Crippen molar-refractivity contribution in [3.05, 3.63) is 132 Å². The number of fused-ring (bicyclic) bond motifs is 3. The van der Waals surface area contributed by atoms with Gasteiger partial charge in [-0.05, 0) is 104 Å². The molecule has 0 amide bonds.